The van der Waals surface area contributed by atoms with Crippen molar-refractivity contribution in [2.24, 2.45) is 0 Å². The molecule has 0 bridgehead atoms. The molecule has 0 amide bonds. The zero-order valence-corrected chi connectivity index (χ0v) is 24.1. The lowest BCUT2D eigenvalue weighted by atomic mass is 10.1. The fourth-order valence-electron chi connectivity index (χ4n) is 5.49. The summed E-state index contributed by atoms with van der Waals surface area (Å²) in [5.74, 6) is 2.00. The number of benzene rings is 6. The Bertz CT molecular complexity index is 1990. The number of hydrogen-bond acceptors (Lipinski definition) is 4. The van der Waals surface area contributed by atoms with Crippen LogP contribution in [0.3, 0.4) is 0 Å². The van der Waals surface area contributed by atoms with Crippen molar-refractivity contribution in [2.75, 3.05) is 4.90 Å². The molecule has 0 atom stereocenters. The Morgan fingerprint density at radius 2 is 0.884 bits per heavy atom. The number of rotatable bonds is 6. The first-order chi connectivity index (χ1) is 21.1. The van der Waals surface area contributed by atoms with Crippen molar-refractivity contribution in [3.63, 3.8) is 0 Å². The smallest absolute Gasteiger partial charge is 0.164 e. The van der Waals surface area contributed by atoms with Gasteiger partial charge in [0.15, 0.2) is 17.5 Å². The number of nitrogens with zero attached hydrogens (tertiary/aromatic N) is 4. The lowest BCUT2D eigenvalue weighted by Gasteiger charge is -2.26. The van der Waals surface area contributed by atoms with E-state index in [0.717, 1.165) is 44.9 Å². The molecule has 0 N–H and O–H groups in total. The normalized spacial score (nSPS) is 11.0. The topological polar surface area (TPSA) is 41.9 Å². The Morgan fingerprint density at radius 1 is 0.395 bits per heavy atom. The molecular weight excluding hydrogens is 524 g/mol. The van der Waals surface area contributed by atoms with E-state index in [1.165, 1.54) is 10.8 Å². The van der Waals surface area contributed by atoms with Crippen molar-refractivity contribution in [1.29, 1.82) is 0 Å². The number of aryl methyl sites for hydroxylation is 2. The van der Waals surface area contributed by atoms with Gasteiger partial charge in [0, 0.05) is 33.8 Å². The molecular formula is C39H30N4. The van der Waals surface area contributed by atoms with Crippen molar-refractivity contribution >= 4 is 27.8 Å². The maximum absolute atomic E-state index is 4.98. The molecule has 0 aliphatic carbocycles. The van der Waals surface area contributed by atoms with Crippen LogP contribution in [0.2, 0.25) is 0 Å². The summed E-state index contributed by atoms with van der Waals surface area (Å²) in [5.41, 5.74) is 8.43. The monoisotopic (exact) mass is 554 g/mol. The number of hydrogen-bond donors (Lipinski definition) is 0. The van der Waals surface area contributed by atoms with E-state index in [2.05, 4.69) is 134 Å². The van der Waals surface area contributed by atoms with Gasteiger partial charge in [-0.15, -0.1) is 0 Å². The van der Waals surface area contributed by atoms with Crippen LogP contribution in [-0.4, -0.2) is 15.0 Å². The second-order valence-corrected chi connectivity index (χ2v) is 10.7. The number of aromatic nitrogens is 3. The van der Waals surface area contributed by atoms with Gasteiger partial charge in [0.05, 0.1) is 0 Å². The van der Waals surface area contributed by atoms with E-state index in [-0.39, 0.29) is 0 Å². The summed E-state index contributed by atoms with van der Waals surface area (Å²) < 4.78 is 0. The third-order valence-electron chi connectivity index (χ3n) is 7.80. The van der Waals surface area contributed by atoms with Gasteiger partial charge in [-0.1, -0.05) is 97.1 Å². The Balaban J connectivity index is 1.34. The minimum Gasteiger partial charge on any atom is -0.310 e. The molecule has 0 unspecified atom stereocenters. The first-order valence-corrected chi connectivity index (χ1v) is 14.5. The van der Waals surface area contributed by atoms with Gasteiger partial charge in [-0.3, -0.25) is 0 Å². The summed E-state index contributed by atoms with van der Waals surface area (Å²) in [6.45, 7) is 4.18. The first kappa shape index (κ1) is 26.3. The minimum absolute atomic E-state index is 0.648. The number of fused-ring (bicyclic) bond motifs is 1. The molecule has 0 aliphatic heterocycles. The molecule has 4 heteroatoms. The van der Waals surface area contributed by atoms with Crippen LogP contribution in [-0.2, 0) is 0 Å². The van der Waals surface area contributed by atoms with E-state index < -0.39 is 0 Å². The van der Waals surface area contributed by atoms with Crippen LogP contribution in [0.4, 0.5) is 17.1 Å². The summed E-state index contributed by atoms with van der Waals surface area (Å²) in [6.07, 6.45) is 0. The Hall–Kier alpha value is -5.61. The van der Waals surface area contributed by atoms with Gasteiger partial charge in [0.25, 0.3) is 0 Å². The Labute approximate surface area is 252 Å². The second kappa shape index (κ2) is 11.3. The fourth-order valence-corrected chi connectivity index (χ4v) is 5.49. The van der Waals surface area contributed by atoms with E-state index in [0.29, 0.717) is 17.5 Å². The predicted molar refractivity (Wildman–Crippen MR) is 178 cm³/mol. The zero-order valence-electron chi connectivity index (χ0n) is 24.1. The average molecular weight is 555 g/mol. The fraction of sp³-hybridized carbons (Fsp3) is 0.0513. The summed E-state index contributed by atoms with van der Waals surface area (Å²) in [7, 11) is 0. The quantitative estimate of drug-likeness (QED) is 0.205. The molecule has 43 heavy (non-hydrogen) atoms. The van der Waals surface area contributed by atoms with Crippen LogP contribution < -0.4 is 4.90 Å². The molecule has 1 heterocycles. The van der Waals surface area contributed by atoms with Gasteiger partial charge < -0.3 is 4.90 Å². The molecule has 7 aromatic rings. The van der Waals surface area contributed by atoms with Crippen molar-refractivity contribution in [3.05, 3.63) is 157 Å². The second-order valence-electron chi connectivity index (χ2n) is 10.7. The van der Waals surface area contributed by atoms with Crippen molar-refractivity contribution in [3.8, 4) is 34.2 Å². The molecule has 4 nitrogen and oxygen atoms in total. The SMILES string of the molecule is Cc1ccccc1-c1nc(-c2ccc(N(c3ccccc3)c3ccc4ccccc4c3)cc2)nc(-c2ccccc2C)n1. The molecule has 0 radical (unpaired) electrons. The third kappa shape index (κ3) is 5.27. The van der Waals surface area contributed by atoms with Crippen molar-refractivity contribution in [2.45, 2.75) is 13.8 Å². The van der Waals surface area contributed by atoms with Crippen LogP contribution in [0.25, 0.3) is 44.9 Å². The van der Waals surface area contributed by atoms with Crippen LogP contribution in [0.15, 0.2) is 146 Å². The highest BCUT2D eigenvalue weighted by Crippen LogP contribution is 2.37. The van der Waals surface area contributed by atoms with Gasteiger partial charge in [0.1, 0.15) is 0 Å². The molecule has 0 saturated heterocycles. The number of para-hydroxylation sites is 1. The average Bonchev–Trinajstić information content (AvgIpc) is 3.06. The largest absolute Gasteiger partial charge is 0.310 e. The maximum atomic E-state index is 4.98. The van der Waals surface area contributed by atoms with E-state index in [1.807, 2.05) is 30.3 Å². The summed E-state index contributed by atoms with van der Waals surface area (Å²) in [4.78, 5) is 17.2. The van der Waals surface area contributed by atoms with Crippen molar-refractivity contribution < 1.29 is 0 Å². The standard InChI is InChI=1S/C39H30N4/c1-27-12-6-10-18-35(27)38-40-37(41-39(42-38)36-19-11-7-13-28(36)2)30-21-23-33(24-22-30)43(32-16-4-3-5-17-32)34-25-20-29-14-8-9-15-31(29)26-34/h3-26H,1-2H3. The minimum atomic E-state index is 0.648. The maximum Gasteiger partial charge on any atom is 0.164 e. The summed E-state index contributed by atoms with van der Waals surface area (Å²) in [6, 6.07) is 50.5. The highest BCUT2D eigenvalue weighted by molar-refractivity contribution is 5.89. The van der Waals surface area contributed by atoms with E-state index in [1.54, 1.807) is 0 Å². The first-order valence-electron chi connectivity index (χ1n) is 14.5. The third-order valence-corrected chi connectivity index (χ3v) is 7.80. The van der Waals surface area contributed by atoms with E-state index in [4.69, 9.17) is 15.0 Å². The molecule has 0 saturated carbocycles. The highest BCUT2D eigenvalue weighted by atomic mass is 15.1. The van der Waals surface area contributed by atoms with Crippen LogP contribution in [0.1, 0.15) is 11.1 Å². The van der Waals surface area contributed by atoms with Gasteiger partial charge in [-0.2, -0.15) is 0 Å². The summed E-state index contributed by atoms with van der Waals surface area (Å²) >= 11 is 0. The Morgan fingerprint density at radius 3 is 1.51 bits per heavy atom. The van der Waals surface area contributed by atoms with E-state index in [9.17, 15) is 0 Å². The van der Waals surface area contributed by atoms with Crippen LogP contribution in [0, 0.1) is 13.8 Å². The molecule has 0 fully saturated rings. The predicted octanol–water partition coefficient (Wildman–Crippen LogP) is 10.1. The highest BCUT2D eigenvalue weighted by Gasteiger charge is 2.16. The van der Waals surface area contributed by atoms with Crippen molar-refractivity contribution in [1.82, 2.24) is 15.0 Å². The molecule has 1 aromatic heterocycles. The van der Waals surface area contributed by atoms with Gasteiger partial charge in [-0.25, -0.2) is 15.0 Å². The molecule has 0 aliphatic rings. The Kier molecular flexibility index (Phi) is 6.94. The molecule has 0 spiro atoms. The molecule has 6 aromatic carbocycles. The van der Waals surface area contributed by atoms with Crippen LogP contribution >= 0.6 is 0 Å². The molecule has 206 valence electrons. The van der Waals surface area contributed by atoms with Gasteiger partial charge in [-0.05, 0) is 84.3 Å². The van der Waals surface area contributed by atoms with Gasteiger partial charge in [0.2, 0.25) is 0 Å². The zero-order chi connectivity index (χ0) is 29.2. The lowest BCUT2D eigenvalue weighted by Crippen LogP contribution is -2.09. The summed E-state index contributed by atoms with van der Waals surface area (Å²) in [5, 5.41) is 2.42. The lowest BCUT2D eigenvalue weighted by molar-refractivity contribution is 1.07. The van der Waals surface area contributed by atoms with Crippen LogP contribution in [0.5, 0.6) is 0 Å². The number of anilines is 3. The molecule has 7 rings (SSSR count). The van der Waals surface area contributed by atoms with E-state index >= 15 is 0 Å². The van der Waals surface area contributed by atoms with Gasteiger partial charge >= 0.3 is 0 Å².